The van der Waals surface area contributed by atoms with Crippen LogP contribution in [-0.2, 0) is 0 Å². The average molecular weight is 615 g/mol. The Morgan fingerprint density at radius 2 is 0.771 bits per heavy atom. The molecule has 0 aliphatic heterocycles. The molecular weight excluding hydrogens is 592 g/mol. The maximum Gasteiger partial charge on any atom is 0.136 e. The van der Waals surface area contributed by atoms with Gasteiger partial charge >= 0.3 is 0 Å². The number of benzene rings is 5. The van der Waals surface area contributed by atoms with Gasteiger partial charge in [0, 0.05) is 66.6 Å². The highest BCUT2D eigenvalue weighted by Gasteiger charge is 2.16. The molecule has 0 unspecified atom stereocenters. The van der Waals surface area contributed by atoms with Crippen molar-refractivity contribution in [3.05, 3.63) is 134 Å². The van der Waals surface area contributed by atoms with Gasteiger partial charge in [-0.2, -0.15) is 0 Å². The molecule has 6 aromatic heterocycles. The first kappa shape index (κ1) is 25.5. The number of fused-ring (bicyclic) bond motifs is 12. The zero-order chi connectivity index (χ0) is 31.3. The first-order valence-electron chi connectivity index (χ1n) is 15.9. The molecule has 48 heavy (non-hydrogen) atoms. The van der Waals surface area contributed by atoms with Gasteiger partial charge in [0.15, 0.2) is 0 Å². The summed E-state index contributed by atoms with van der Waals surface area (Å²) in [4.78, 5) is 19.4. The van der Waals surface area contributed by atoms with E-state index in [4.69, 9.17) is 18.8 Å². The van der Waals surface area contributed by atoms with Crippen molar-refractivity contribution < 1.29 is 8.83 Å². The van der Waals surface area contributed by atoms with Gasteiger partial charge in [-0.1, -0.05) is 48.5 Å². The highest BCUT2D eigenvalue weighted by atomic mass is 16.3. The van der Waals surface area contributed by atoms with E-state index in [1.165, 1.54) is 0 Å². The molecule has 0 aliphatic carbocycles. The van der Waals surface area contributed by atoms with Crippen LogP contribution in [0.4, 0.5) is 0 Å². The third-order valence-electron chi connectivity index (χ3n) is 9.52. The minimum absolute atomic E-state index is 0.811. The molecule has 6 nitrogen and oxygen atoms in total. The van der Waals surface area contributed by atoms with Crippen LogP contribution >= 0.6 is 0 Å². The number of rotatable bonds is 2. The highest BCUT2D eigenvalue weighted by Crippen LogP contribution is 2.39. The van der Waals surface area contributed by atoms with Gasteiger partial charge in [-0.25, -0.2) is 9.97 Å². The summed E-state index contributed by atoms with van der Waals surface area (Å²) in [7, 11) is 0. The van der Waals surface area contributed by atoms with Gasteiger partial charge in [0.1, 0.15) is 22.3 Å². The molecule has 5 aromatic carbocycles. The second kappa shape index (κ2) is 9.44. The predicted octanol–water partition coefficient (Wildman–Crippen LogP) is 11.0. The molecule has 11 aromatic rings. The lowest BCUT2D eigenvalue weighted by Gasteiger charge is -2.06. The van der Waals surface area contributed by atoms with Crippen molar-refractivity contribution in [1.82, 2.24) is 19.9 Å². The van der Waals surface area contributed by atoms with E-state index >= 15 is 0 Å². The number of pyridine rings is 4. The van der Waals surface area contributed by atoms with Crippen molar-refractivity contribution in [2.24, 2.45) is 0 Å². The number of hydrogen-bond donors (Lipinski definition) is 0. The van der Waals surface area contributed by atoms with Crippen LogP contribution in [0.2, 0.25) is 0 Å². The summed E-state index contributed by atoms with van der Waals surface area (Å²) in [5.74, 6) is 0. The van der Waals surface area contributed by atoms with Crippen LogP contribution in [0.25, 0.3) is 110 Å². The molecule has 0 saturated carbocycles. The van der Waals surface area contributed by atoms with Gasteiger partial charge in [-0.15, -0.1) is 0 Å². The third kappa shape index (κ3) is 3.68. The molecule has 0 aliphatic rings. The highest BCUT2D eigenvalue weighted by molar-refractivity contribution is 6.16. The SMILES string of the molecule is c1cnc2c(c1)ccc1ccc(-c3ccc4oc5cc6c(cc5c4c3)oc3ccc(-c4ccc5ccc7cccnc7c5n4)cc36)nc12. The van der Waals surface area contributed by atoms with E-state index < -0.39 is 0 Å². The Morgan fingerprint density at radius 3 is 1.25 bits per heavy atom. The maximum absolute atomic E-state index is 6.41. The Balaban J connectivity index is 1.05. The fourth-order valence-electron chi connectivity index (χ4n) is 7.13. The molecule has 0 fully saturated rings. The average Bonchev–Trinajstić information content (AvgIpc) is 3.69. The van der Waals surface area contributed by atoms with E-state index in [0.29, 0.717) is 0 Å². The summed E-state index contributed by atoms with van der Waals surface area (Å²) in [6.07, 6.45) is 3.64. The Bertz CT molecular complexity index is 2930. The summed E-state index contributed by atoms with van der Waals surface area (Å²) in [6, 6.07) is 41.5. The van der Waals surface area contributed by atoms with Crippen LogP contribution in [0, 0.1) is 0 Å². The summed E-state index contributed by atoms with van der Waals surface area (Å²) >= 11 is 0. The zero-order valence-electron chi connectivity index (χ0n) is 25.3. The van der Waals surface area contributed by atoms with Crippen LogP contribution in [-0.4, -0.2) is 19.9 Å². The van der Waals surface area contributed by atoms with Crippen LogP contribution in [0.1, 0.15) is 0 Å². The lowest BCUT2D eigenvalue weighted by molar-refractivity contribution is 0.664. The summed E-state index contributed by atoms with van der Waals surface area (Å²) < 4.78 is 12.8. The molecule has 6 heteroatoms. The molecule has 0 bridgehead atoms. The van der Waals surface area contributed by atoms with Crippen LogP contribution in [0.15, 0.2) is 143 Å². The Kier molecular flexibility index (Phi) is 5.02. The van der Waals surface area contributed by atoms with Gasteiger partial charge in [0.25, 0.3) is 0 Å². The molecule has 0 amide bonds. The smallest absolute Gasteiger partial charge is 0.136 e. The topological polar surface area (TPSA) is 77.8 Å². The van der Waals surface area contributed by atoms with Crippen molar-refractivity contribution in [2.45, 2.75) is 0 Å². The van der Waals surface area contributed by atoms with Crippen molar-refractivity contribution in [3.8, 4) is 22.5 Å². The summed E-state index contributed by atoms with van der Waals surface area (Å²) in [6.45, 7) is 0. The fourth-order valence-corrected chi connectivity index (χ4v) is 7.13. The van der Waals surface area contributed by atoms with Crippen LogP contribution in [0.3, 0.4) is 0 Å². The van der Waals surface area contributed by atoms with E-state index in [9.17, 15) is 0 Å². The molecule has 0 radical (unpaired) electrons. The molecule has 222 valence electrons. The molecule has 0 spiro atoms. The van der Waals surface area contributed by atoms with E-state index in [-0.39, 0.29) is 0 Å². The van der Waals surface area contributed by atoms with Gasteiger partial charge in [0.2, 0.25) is 0 Å². The minimum Gasteiger partial charge on any atom is -0.456 e. The molecule has 0 atom stereocenters. The summed E-state index contributed by atoms with van der Waals surface area (Å²) in [5.41, 5.74) is 10.7. The van der Waals surface area contributed by atoms with Gasteiger partial charge < -0.3 is 8.83 Å². The number of furan rings is 2. The Labute approximate surface area is 271 Å². The first-order valence-corrected chi connectivity index (χ1v) is 15.9. The zero-order valence-corrected chi connectivity index (χ0v) is 25.3. The fraction of sp³-hybridized carbons (Fsp3) is 0. The Morgan fingerprint density at radius 1 is 0.354 bits per heavy atom. The van der Waals surface area contributed by atoms with Gasteiger partial charge in [0.05, 0.1) is 33.5 Å². The third-order valence-corrected chi connectivity index (χ3v) is 9.52. The van der Waals surface area contributed by atoms with Crippen molar-refractivity contribution in [2.75, 3.05) is 0 Å². The predicted molar refractivity (Wildman–Crippen MR) is 193 cm³/mol. The van der Waals surface area contributed by atoms with Crippen molar-refractivity contribution in [1.29, 1.82) is 0 Å². The largest absolute Gasteiger partial charge is 0.456 e. The van der Waals surface area contributed by atoms with E-state index in [1.807, 2.05) is 36.7 Å². The van der Waals surface area contributed by atoms with Gasteiger partial charge in [-0.05, 0) is 72.8 Å². The van der Waals surface area contributed by atoms with Crippen molar-refractivity contribution >= 4 is 87.5 Å². The monoisotopic (exact) mass is 614 g/mol. The standard InChI is InChI=1S/C42H22N4O2/c1-3-23-5-7-25-9-13-33(45-41(25)39(23)43-17-1)27-11-15-35-29(19-27)31-21-38-32(22-37(31)47-35)30-20-28(12-16-36(30)48-38)34-14-10-26-8-6-24-4-2-18-44-40(24)42(26)46-34/h1-22H. The second-order valence-corrected chi connectivity index (χ2v) is 12.3. The molecule has 11 rings (SSSR count). The lowest BCUT2D eigenvalue weighted by Crippen LogP contribution is -1.88. The summed E-state index contributed by atoms with van der Waals surface area (Å²) in [5, 5.41) is 8.33. The van der Waals surface area contributed by atoms with Crippen LogP contribution < -0.4 is 0 Å². The van der Waals surface area contributed by atoms with Gasteiger partial charge in [-0.3, -0.25) is 9.97 Å². The van der Waals surface area contributed by atoms with E-state index in [1.54, 1.807) is 0 Å². The molecule has 0 N–H and O–H groups in total. The lowest BCUT2D eigenvalue weighted by atomic mass is 10.0. The molecular formula is C42H22N4O2. The molecule has 0 saturated heterocycles. The number of hydrogen-bond acceptors (Lipinski definition) is 6. The maximum atomic E-state index is 6.41. The second-order valence-electron chi connectivity index (χ2n) is 12.3. The minimum atomic E-state index is 0.811. The quantitative estimate of drug-likeness (QED) is 0.180. The van der Waals surface area contributed by atoms with Crippen LogP contribution in [0.5, 0.6) is 0 Å². The molecule has 6 heterocycles. The number of aromatic nitrogens is 4. The Hall–Kier alpha value is -6.66. The van der Waals surface area contributed by atoms with Crippen molar-refractivity contribution in [3.63, 3.8) is 0 Å². The first-order chi connectivity index (χ1) is 23.7. The normalized spacial score (nSPS) is 12.2. The number of nitrogens with zero attached hydrogens (tertiary/aromatic N) is 4. The van der Waals surface area contributed by atoms with E-state index in [0.717, 1.165) is 110 Å². The van der Waals surface area contributed by atoms with E-state index in [2.05, 4.69) is 107 Å².